The summed E-state index contributed by atoms with van der Waals surface area (Å²) in [7, 11) is 4.92. The third-order valence-electron chi connectivity index (χ3n) is 0.455. The van der Waals surface area contributed by atoms with E-state index in [-0.39, 0.29) is 0 Å². The molecule has 7 heavy (non-hydrogen) atoms. The van der Waals surface area contributed by atoms with Crippen molar-refractivity contribution in [2.75, 3.05) is 15.2 Å². The number of rotatable bonds is 2. The Balaban J connectivity index is 3.36. The standard InChI is InChI=1S/C3H7Cl2IS/c1-7(5,2-4)3-6/h2-3H2,1H3. The van der Waals surface area contributed by atoms with Crippen LogP contribution in [0.25, 0.3) is 0 Å². The number of halogens is 3. The van der Waals surface area contributed by atoms with Crippen LogP contribution >= 0.6 is 54.1 Å². The van der Waals surface area contributed by atoms with Crippen LogP contribution in [-0.2, 0) is 0 Å². The Morgan fingerprint density at radius 1 is 1.71 bits per heavy atom. The second kappa shape index (κ2) is 3.64. The summed E-state index contributed by atoms with van der Waals surface area (Å²) in [6, 6.07) is 0. The molecule has 0 radical (unpaired) electrons. The van der Waals surface area contributed by atoms with E-state index in [2.05, 4.69) is 22.6 Å². The van der Waals surface area contributed by atoms with Gasteiger partial charge in [0.25, 0.3) is 0 Å². The van der Waals surface area contributed by atoms with Crippen LogP contribution in [0.3, 0.4) is 0 Å². The largest absolute Gasteiger partial charge is 0.143 e. The molecule has 0 fully saturated rings. The fraction of sp³-hybridized carbons (Fsp3) is 1.00. The summed E-state index contributed by atoms with van der Waals surface area (Å²) in [5.74, 6) is 0. The molecular weight excluding hydrogens is 266 g/mol. The van der Waals surface area contributed by atoms with Gasteiger partial charge in [0, 0.05) is 3.76 Å². The molecule has 0 saturated heterocycles. The molecule has 4 heteroatoms. The third-order valence-corrected chi connectivity index (χ3v) is 9.03. The first-order valence-corrected chi connectivity index (χ1v) is 6.94. The van der Waals surface area contributed by atoms with Crippen molar-refractivity contribution in [3.63, 3.8) is 0 Å². The van der Waals surface area contributed by atoms with Gasteiger partial charge in [0.2, 0.25) is 0 Å². The van der Waals surface area contributed by atoms with Gasteiger partial charge in [-0.1, -0.05) is 33.3 Å². The highest BCUT2D eigenvalue weighted by Gasteiger charge is 2.08. The summed E-state index contributed by atoms with van der Waals surface area (Å²) >= 11 is 7.74. The van der Waals surface area contributed by atoms with E-state index in [1.165, 1.54) is 0 Å². The lowest BCUT2D eigenvalue weighted by molar-refractivity contribution is 2.05. The van der Waals surface area contributed by atoms with E-state index in [0.29, 0.717) is 5.21 Å². The fourth-order valence-electron chi connectivity index (χ4n) is 0.0292. The lowest BCUT2D eigenvalue weighted by Gasteiger charge is -2.20. The highest BCUT2D eigenvalue weighted by molar-refractivity contribution is 14.1. The van der Waals surface area contributed by atoms with E-state index in [0.717, 1.165) is 3.76 Å². The van der Waals surface area contributed by atoms with Crippen molar-refractivity contribution in [3.8, 4) is 0 Å². The van der Waals surface area contributed by atoms with E-state index < -0.39 is 9.24 Å². The first-order chi connectivity index (χ1) is 3.12. The molecular formula is C3H7Cl2IS. The average molecular weight is 273 g/mol. The van der Waals surface area contributed by atoms with E-state index in [9.17, 15) is 0 Å². The predicted molar refractivity (Wildman–Crippen MR) is 49.0 cm³/mol. The summed E-state index contributed by atoms with van der Waals surface area (Å²) in [4.78, 5) is 0. The molecule has 0 nitrogen and oxygen atoms in total. The first-order valence-electron chi connectivity index (χ1n) is 1.67. The molecule has 0 aromatic heterocycles. The molecule has 0 aromatic carbocycles. The topological polar surface area (TPSA) is 0 Å². The van der Waals surface area contributed by atoms with E-state index >= 15 is 0 Å². The van der Waals surface area contributed by atoms with Crippen LogP contribution in [0.5, 0.6) is 0 Å². The number of alkyl halides is 2. The zero-order valence-corrected chi connectivity index (χ0v) is 8.44. The minimum atomic E-state index is -0.933. The van der Waals surface area contributed by atoms with Crippen molar-refractivity contribution < 1.29 is 0 Å². The summed E-state index contributed by atoms with van der Waals surface area (Å²) in [6.07, 6.45) is 2.01. The summed E-state index contributed by atoms with van der Waals surface area (Å²) in [5, 5.41) is 0.609. The van der Waals surface area contributed by atoms with Gasteiger partial charge in [-0.25, -0.2) is 0 Å². The third kappa shape index (κ3) is 4.18. The lowest BCUT2D eigenvalue weighted by atomic mass is 11.8. The Kier molecular flexibility index (Phi) is 4.50. The van der Waals surface area contributed by atoms with Crippen LogP contribution in [0.2, 0.25) is 0 Å². The van der Waals surface area contributed by atoms with Gasteiger partial charge in [0.15, 0.2) is 0 Å². The smallest absolute Gasteiger partial charge is 0.0651 e. The van der Waals surface area contributed by atoms with Crippen molar-refractivity contribution >= 4 is 54.1 Å². The molecule has 0 aliphatic rings. The van der Waals surface area contributed by atoms with Crippen LogP contribution in [-0.4, -0.2) is 15.2 Å². The summed E-state index contributed by atoms with van der Waals surface area (Å²) in [5.41, 5.74) is 0. The highest BCUT2D eigenvalue weighted by Crippen LogP contribution is 2.51. The highest BCUT2D eigenvalue weighted by atomic mass is 127. The van der Waals surface area contributed by atoms with Gasteiger partial charge in [-0.05, 0) is 6.26 Å². The van der Waals surface area contributed by atoms with Gasteiger partial charge in [-0.3, -0.25) is 0 Å². The Morgan fingerprint density at radius 2 is 2.14 bits per heavy atom. The number of hydrogen-bond acceptors (Lipinski definition) is 0. The maximum absolute atomic E-state index is 5.85. The van der Waals surface area contributed by atoms with Crippen LogP contribution in [0, 0.1) is 0 Å². The maximum atomic E-state index is 5.85. The number of hydrogen-bond donors (Lipinski definition) is 0. The normalized spacial score (nSPS) is 23.4. The lowest BCUT2D eigenvalue weighted by Crippen LogP contribution is -1.88. The molecule has 0 aliphatic heterocycles. The van der Waals surface area contributed by atoms with Crippen LogP contribution < -0.4 is 0 Å². The van der Waals surface area contributed by atoms with Crippen molar-refractivity contribution in [3.05, 3.63) is 0 Å². The zero-order chi connectivity index (χ0) is 5.91. The van der Waals surface area contributed by atoms with E-state index in [1.54, 1.807) is 0 Å². The zero-order valence-electron chi connectivity index (χ0n) is 3.96. The first kappa shape index (κ1) is 8.66. The van der Waals surface area contributed by atoms with Gasteiger partial charge in [0.1, 0.15) is 0 Å². The van der Waals surface area contributed by atoms with Crippen molar-refractivity contribution in [1.29, 1.82) is 0 Å². The molecule has 0 bridgehead atoms. The van der Waals surface area contributed by atoms with Crippen molar-refractivity contribution in [1.82, 2.24) is 0 Å². The SMILES string of the molecule is CS(Cl)(CCl)CI. The van der Waals surface area contributed by atoms with Gasteiger partial charge < -0.3 is 0 Å². The quantitative estimate of drug-likeness (QED) is 0.535. The Labute approximate surface area is 68.9 Å². The molecule has 0 N–H and O–H groups in total. The molecule has 0 aliphatic carbocycles. The maximum Gasteiger partial charge on any atom is 0.0651 e. The van der Waals surface area contributed by atoms with E-state index in [4.69, 9.17) is 22.3 Å². The van der Waals surface area contributed by atoms with Gasteiger partial charge >= 0.3 is 0 Å². The Hall–Kier alpha value is 1.66. The molecule has 0 amide bonds. The minimum Gasteiger partial charge on any atom is -0.143 e. The minimum absolute atomic E-state index is 0.609. The summed E-state index contributed by atoms with van der Waals surface area (Å²) < 4.78 is 0.982. The van der Waals surface area contributed by atoms with Crippen LogP contribution in [0.4, 0.5) is 0 Å². The molecule has 0 saturated carbocycles. The molecule has 1 unspecified atom stereocenters. The fourth-order valence-corrected chi connectivity index (χ4v) is 1.76. The summed E-state index contributed by atoms with van der Waals surface area (Å²) in [6.45, 7) is 0. The Morgan fingerprint density at radius 3 is 2.14 bits per heavy atom. The molecule has 1 atom stereocenters. The predicted octanol–water partition coefficient (Wildman–Crippen LogP) is 3.16. The molecule has 46 valence electrons. The van der Waals surface area contributed by atoms with Crippen molar-refractivity contribution in [2.24, 2.45) is 0 Å². The molecule has 0 spiro atoms. The van der Waals surface area contributed by atoms with Gasteiger partial charge in [-0.15, -0.1) is 20.8 Å². The van der Waals surface area contributed by atoms with Gasteiger partial charge in [0.05, 0.1) is 5.21 Å². The second-order valence-electron chi connectivity index (χ2n) is 1.37. The Bertz CT molecular complexity index is 50.9. The molecule has 0 heterocycles. The van der Waals surface area contributed by atoms with Crippen molar-refractivity contribution in [2.45, 2.75) is 0 Å². The van der Waals surface area contributed by atoms with Gasteiger partial charge in [-0.2, -0.15) is 0 Å². The molecule has 0 aromatic rings. The molecule has 0 rings (SSSR count). The average Bonchev–Trinajstić information content (AvgIpc) is 1.68. The van der Waals surface area contributed by atoms with Crippen LogP contribution in [0.15, 0.2) is 0 Å². The monoisotopic (exact) mass is 272 g/mol. The van der Waals surface area contributed by atoms with E-state index in [1.807, 2.05) is 6.26 Å². The second-order valence-corrected chi connectivity index (χ2v) is 8.87. The van der Waals surface area contributed by atoms with Crippen LogP contribution in [0.1, 0.15) is 0 Å².